The number of H-pyrrole nitrogens is 1. The van der Waals surface area contributed by atoms with Crippen LogP contribution in [0.4, 0.5) is 0 Å². The number of rotatable bonds is 4. The number of methoxy groups -OCH3 is 1. The van der Waals surface area contributed by atoms with Crippen molar-refractivity contribution in [2.45, 2.75) is 49.5 Å². The Hall–Kier alpha value is -2.97. The molecular weight excluding hydrogens is 512 g/mol. The molecule has 4 aliphatic heterocycles. The lowest BCUT2D eigenvalue weighted by atomic mass is 9.80. The molecule has 0 unspecified atom stereocenters. The molecule has 6 N–H and O–H groups in total. The summed E-state index contributed by atoms with van der Waals surface area (Å²) in [5, 5.41) is 53.0. The van der Waals surface area contributed by atoms with E-state index in [1.807, 2.05) is 24.3 Å². The number of nitrogens with one attached hydrogen (secondary N) is 1. The van der Waals surface area contributed by atoms with E-state index in [1.54, 1.807) is 0 Å². The summed E-state index contributed by atoms with van der Waals surface area (Å²) in [6.07, 6.45) is -5.87. The highest BCUT2D eigenvalue weighted by Gasteiger charge is 2.51. The number of aliphatic hydroxyl groups is 5. The fourth-order valence-corrected chi connectivity index (χ4v) is 6.14. The lowest BCUT2D eigenvalue weighted by molar-refractivity contribution is -0.344. The summed E-state index contributed by atoms with van der Waals surface area (Å²) < 4.78 is 22.2. The molecule has 0 aliphatic carbocycles. The molecule has 0 radical (unpaired) electrons. The largest absolute Gasteiger partial charge is 0.471 e. The summed E-state index contributed by atoms with van der Waals surface area (Å²) in [6, 6.07) is 8.02. The van der Waals surface area contributed by atoms with Crippen molar-refractivity contribution in [2.24, 2.45) is 11.8 Å². The van der Waals surface area contributed by atoms with Crippen LogP contribution in [0.2, 0.25) is 0 Å². The second-order valence-electron chi connectivity index (χ2n) is 10.3. The van der Waals surface area contributed by atoms with Crippen molar-refractivity contribution < 1.29 is 49.3 Å². The van der Waals surface area contributed by atoms with Gasteiger partial charge >= 0.3 is 5.97 Å². The minimum atomic E-state index is -1.66. The van der Waals surface area contributed by atoms with Gasteiger partial charge in [0.2, 0.25) is 6.29 Å². The highest BCUT2D eigenvalue weighted by atomic mass is 16.8. The first kappa shape index (κ1) is 26.3. The Morgan fingerprint density at radius 3 is 2.69 bits per heavy atom. The number of ether oxygens (including phenoxy) is 4. The molecule has 0 spiro atoms. The van der Waals surface area contributed by atoms with Gasteiger partial charge in [0.1, 0.15) is 24.4 Å². The Bertz CT molecular complexity index is 1300. The lowest BCUT2D eigenvalue weighted by Crippen LogP contribution is -2.60. The normalized spacial score (nSPS) is 36.1. The minimum absolute atomic E-state index is 0.188. The van der Waals surface area contributed by atoms with Crippen molar-refractivity contribution in [1.29, 1.82) is 0 Å². The smallest absolute Gasteiger partial charge is 0.337 e. The topological polar surface area (TPSA) is 174 Å². The molecule has 4 aliphatic rings. The van der Waals surface area contributed by atoms with Gasteiger partial charge in [0.15, 0.2) is 6.29 Å². The number of aromatic amines is 1. The van der Waals surface area contributed by atoms with Crippen LogP contribution in [0.15, 0.2) is 42.2 Å². The molecule has 12 heteroatoms. The van der Waals surface area contributed by atoms with Crippen LogP contribution in [-0.4, -0.2) is 111 Å². The van der Waals surface area contributed by atoms with Gasteiger partial charge in [0.25, 0.3) is 0 Å². The van der Waals surface area contributed by atoms with Crippen LogP contribution in [0.25, 0.3) is 16.6 Å². The molecule has 5 heterocycles. The number of carbonyl (C=O) groups is 1. The summed E-state index contributed by atoms with van der Waals surface area (Å²) >= 11 is 0. The zero-order chi connectivity index (χ0) is 27.4. The van der Waals surface area contributed by atoms with E-state index in [2.05, 4.69) is 16.0 Å². The molecule has 210 valence electrons. The van der Waals surface area contributed by atoms with E-state index in [0.717, 1.165) is 34.3 Å². The van der Waals surface area contributed by atoms with Gasteiger partial charge in [-0.15, -0.1) is 0 Å². The van der Waals surface area contributed by atoms with Crippen LogP contribution in [0.5, 0.6) is 0 Å². The van der Waals surface area contributed by atoms with Crippen LogP contribution in [0.1, 0.15) is 11.3 Å². The molecule has 1 saturated heterocycles. The zero-order valence-electron chi connectivity index (χ0n) is 21.2. The number of benzene rings is 1. The average molecular weight is 545 g/mol. The number of fused-ring (bicyclic) bond motifs is 6. The van der Waals surface area contributed by atoms with E-state index in [0.29, 0.717) is 6.54 Å². The van der Waals surface area contributed by atoms with Gasteiger partial charge < -0.3 is 54.4 Å². The fourth-order valence-electron chi connectivity index (χ4n) is 6.14. The molecule has 0 bridgehead atoms. The van der Waals surface area contributed by atoms with Crippen molar-refractivity contribution in [3.8, 4) is 0 Å². The molecule has 0 amide bonds. The number of nitrogens with zero attached hydrogens (tertiary/aromatic N) is 1. The van der Waals surface area contributed by atoms with Crippen molar-refractivity contribution in [2.75, 3.05) is 26.8 Å². The monoisotopic (exact) mass is 544 g/mol. The molecule has 6 rings (SSSR count). The van der Waals surface area contributed by atoms with Crippen molar-refractivity contribution in [3.05, 3.63) is 53.4 Å². The molecule has 0 saturated carbocycles. The molecule has 1 aromatic carbocycles. The van der Waals surface area contributed by atoms with Gasteiger partial charge in [-0.2, -0.15) is 0 Å². The number of aromatic nitrogens is 1. The van der Waals surface area contributed by atoms with E-state index in [9.17, 15) is 30.3 Å². The molecular formula is C27H32N2O10. The van der Waals surface area contributed by atoms with Crippen LogP contribution < -0.4 is 0 Å². The molecule has 2 aromatic rings. The highest BCUT2D eigenvalue weighted by Crippen LogP contribution is 2.44. The summed E-state index contributed by atoms with van der Waals surface area (Å²) in [4.78, 5) is 18.4. The van der Waals surface area contributed by atoms with Gasteiger partial charge in [-0.3, -0.25) is 0 Å². The van der Waals surface area contributed by atoms with Gasteiger partial charge in [0, 0.05) is 29.9 Å². The van der Waals surface area contributed by atoms with Crippen molar-refractivity contribution in [3.63, 3.8) is 0 Å². The van der Waals surface area contributed by atoms with Crippen LogP contribution in [0, 0.1) is 11.8 Å². The number of aliphatic hydroxyl groups excluding tert-OH is 5. The number of esters is 1. The Morgan fingerprint density at radius 1 is 1.13 bits per heavy atom. The predicted molar refractivity (Wildman–Crippen MR) is 134 cm³/mol. The van der Waals surface area contributed by atoms with Gasteiger partial charge in [-0.05, 0) is 18.1 Å². The molecule has 12 nitrogen and oxygen atoms in total. The van der Waals surface area contributed by atoms with Crippen LogP contribution >= 0.6 is 0 Å². The first-order chi connectivity index (χ1) is 18.8. The minimum Gasteiger partial charge on any atom is -0.471 e. The van der Waals surface area contributed by atoms with E-state index in [-0.39, 0.29) is 12.1 Å². The standard InChI is InChI=1S/C27H32N2O10/c1-36-25(35)15-11-37-26(39-27-24(34)23(33)22(32)19(10-30)38-27)20-14(15)8-17-21-13(6-7-29(17)9-18(20)31)12-4-2-3-5-16(12)28-21/h2-5,8,11,14,18-20,22-24,26-28,30-34H,6-7,9-10H2,1H3/t14-,18-,19-,20+,22-,23+,24-,26+,27+/m1/s1. The Balaban J connectivity index is 1.39. The van der Waals surface area contributed by atoms with Gasteiger partial charge in [-0.1, -0.05) is 24.3 Å². The molecule has 9 atom stereocenters. The number of para-hydroxylation sites is 1. The third-order valence-corrected chi connectivity index (χ3v) is 8.19. The van der Waals surface area contributed by atoms with Crippen LogP contribution in [-0.2, 0) is 30.2 Å². The van der Waals surface area contributed by atoms with Crippen LogP contribution in [0.3, 0.4) is 0 Å². The zero-order valence-corrected chi connectivity index (χ0v) is 21.2. The van der Waals surface area contributed by atoms with E-state index in [4.69, 9.17) is 18.9 Å². The maximum absolute atomic E-state index is 12.8. The highest BCUT2D eigenvalue weighted by molar-refractivity contribution is 5.92. The SMILES string of the molecule is COC(=O)C1=CO[C@@H](O[C@@H]2O[C@H](CO)[C@@H](O)[C@H](O)[C@H]2O)[C@@H]2[C@H](O)CN3CCc4c([nH]c5ccccc45)C3=C[C@H]12. The quantitative estimate of drug-likeness (QED) is 0.266. The molecule has 39 heavy (non-hydrogen) atoms. The second kappa shape index (κ2) is 10.2. The van der Waals surface area contributed by atoms with E-state index >= 15 is 0 Å². The third kappa shape index (κ3) is 4.32. The Morgan fingerprint density at radius 2 is 1.92 bits per heavy atom. The Labute approximate surface area is 223 Å². The first-order valence-corrected chi connectivity index (χ1v) is 13.0. The van der Waals surface area contributed by atoms with E-state index in [1.165, 1.54) is 13.4 Å². The second-order valence-corrected chi connectivity index (χ2v) is 10.3. The summed E-state index contributed by atoms with van der Waals surface area (Å²) in [5.41, 5.74) is 4.09. The number of hydrogen-bond acceptors (Lipinski definition) is 11. The molecule has 1 aromatic heterocycles. The molecule has 1 fully saturated rings. The number of carbonyl (C=O) groups excluding carboxylic acids is 1. The predicted octanol–water partition coefficient (Wildman–Crippen LogP) is -0.796. The summed E-state index contributed by atoms with van der Waals surface area (Å²) in [6.45, 7) is 0.243. The first-order valence-electron chi connectivity index (χ1n) is 13.0. The van der Waals surface area contributed by atoms with Crippen molar-refractivity contribution in [1.82, 2.24) is 9.88 Å². The third-order valence-electron chi connectivity index (χ3n) is 8.19. The van der Waals surface area contributed by atoms with E-state index < -0.39 is 67.5 Å². The lowest BCUT2D eigenvalue weighted by Gasteiger charge is -2.43. The van der Waals surface area contributed by atoms with Gasteiger partial charge in [-0.25, -0.2) is 4.79 Å². The summed E-state index contributed by atoms with van der Waals surface area (Å²) in [7, 11) is 1.26. The fraction of sp³-hybridized carbons (Fsp3) is 0.519. The Kier molecular flexibility index (Phi) is 6.88. The number of hydrogen-bond donors (Lipinski definition) is 6. The maximum atomic E-state index is 12.8. The maximum Gasteiger partial charge on any atom is 0.337 e. The van der Waals surface area contributed by atoms with Gasteiger partial charge in [0.05, 0.1) is 49.0 Å². The summed E-state index contributed by atoms with van der Waals surface area (Å²) in [5.74, 6) is -2.16. The van der Waals surface area contributed by atoms with Crippen molar-refractivity contribution >= 4 is 22.6 Å². The average Bonchev–Trinajstić information content (AvgIpc) is 3.25. The number of allylic oxidation sites excluding steroid dienone is 1.